The van der Waals surface area contributed by atoms with E-state index in [2.05, 4.69) is 4.29 Å². The number of carbonyl (C=O) groups is 1. The van der Waals surface area contributed by atoms with Gasteiger partial charge in [-0.25, -0.2) is 13.2 Å². The smallest absolute Gasteiger partial charge is 0.339 e. The van der Waals surface area contributed by atoms with Crippen LogP contribution in [0.15, 0.2) is 47.4 Å². The van der Waals surface area contributed by atoms with Crippen molar-refractivity contribution in [3.63, 3.8) is 0 Å². The lowest BCUT2D eigenvalue weighted by Gasteiger charge is -2.09. The zero-order valence-corrected chi connectivity index (χ0v) is 14.3. The average molecular weight is 371 g/mol. The molecule has 0 aliphatic rings. The lowest BCUT2D eigenvalue weighted by atomic mass is 10.2. The van der Waals surface area contributed by atoms with E-state index in [1.807, 2.05) is 6.92 Å². The number of aromatic carboxylic acids is 1. The zero-order valence-electron chi connectivity index (χ0n) is 12.7. The number of ether oxygens (including phenoxy) is 1. The average Bonchev–Trinajstić information content (AvgIpc) is 2.54. The van der Waals surface area contributed by atoms with Crippen molar-refractivity contribution < 1.29 is 27.3 Å². The van der Waals surface area contributed by atoms with Crippen LogP contribution in [-0.2, 0) is 9.84 Å². The van der Waals surface area contributed by atoms with Gasteiger partial charge < -0.3 is 14.1 Å². The van der Waals surface area contributed by atoms with Crippen LogP contribution in [0.5, 0.6) is 11.5 Å². The van der Waals surface area contributed by atoms with E-state index in [0.717, 1.165) is 5.56 Å². The monoisotopic (exact) mass is 370 g/mol. The fourth-order valence-electron chi connectivity index (χ4n) is 1.97. The summed E-state index contributed by atoms with van der Waals surface area (Å²) in [7, 11) is -3.46. The first-order valence-corrected chi connectivity index (χ1v) is 8.88. The molecule has 0 saturated heterocycles. The molecule has 0 radical (unpaired) electrons. The first-order valence-electron chi connectivity index (χ1n) is 6.91. The highest BCUT2D eigenvalue weighted by atomic mass is 35.5. The largest absolute Gasteiger partial charge is 0.492 e. The number of benzene rings is 2. The van der Waals surface area contributed by atoms with Gasteiger partial charge in [-0.15, -0.1) is 0 Å². The number of rotatable bonds is 7. The summed E-state index contributed by atoms with van der Waals surface area (Å²) in [6.07, 6.45) is 0. The van der Waals surface area contributed by atoms with Crippen LogP contribution in [0, 0.1) is 6.92 Å². The molecule has 8 heteroatoms. The zero-order chi connectivity index (χ0) is 17.7. The molecule has 0 bridgehead atoms. The molecule has 6 nitrogen and oxygen atoms in total. The maximum absolute atomic E-state index is 12.2. The van der Waals surface area contributed by atoms with Crippen molar-refractivity contribution in [3.05, 3.63) is 53.6 Å². The highest BCUT2D eigenvalue weighted by Crippen LogP contribution is 2.26. The maximum atomic E-state index is 12.2. The molecule has 0 aliphatic heterocycles. The fourth-order valence-corrected chi connectivity index (χ4v) is 3.18. The normalized spacial score (nSPS) is 11.1. The molecule has 2 aromatic rings. The first kappa shape index (κ1) is 18.1. The van der Waals surface area contributed by atoms with Gasteiger partial charge in [0, 0.05) is 6.07 Å². The Kier molecular flexibility index (Phi) is 5.69. The Morgan fingerprint density at radius 2 is 1.83 bits per heavy atom. The molecule has 0 aromatic heterocycles. The number of carboxylic acid groups (broad SMARTS) is 1. The third kappa shape index (κ3) is 4.39. The molecular formula is C16H15ClO6S. The number of hydrogen-bond donors (Lipinski definition) is 1. The molecule has 2 rings (SSSR count). The third-order valence-corrected chi connectivity index (χ3v) is 5.13. The summed E-state index contributed by atoms with van der Waals surface area (Å²) in [5.74, 6) is -1.23. The predicted octanol–water partition coefficient (Wildman–Crippen LogP) is 3.08. The summed E-state index contributed by atoms with van der Waals surface area (Å²) >= 11 is 5.23. The van der Waals surface area contributed by atoms with Crippen molar-refractivity contribution in [1.29, 1.82) is 0 Å². The molecule has 2 aromatic carbocycles. The summed E-state index contributed by atoms with van der Waals surface area (Å²) in [6.45, 7) is 1.78. The molecule has 1 N–H and O–H groups in total. The molecular weight excluding hydrogens is 356 g/mol. The van der Waals surface area contributed by atoms with Crippen molar-refractivity contribution in [2.45, 2.75) is 11.8 Å². The Hall–Kier alpha value is -2.25. The molecule has 128 valence electrons. The van der Waals surface area contributed by atoms with Crippen LogP contribution in [0.1, 0.15) is 15.9 Å². The van der Waals surface area contributed by atoms with E-state index in [1.54, 1.807) is 24.3 Å². The minimum atomic E-state index is -3.46. The first-order chi connectivity index (χ1) is 11.3. The van der Waals surface area contributed by atoms with Gasteiger partial charge in [0.1, 0.15) is 29.8 Å². The Morgan fingerprint density at radius 1 is 1.17 bits per heavy atom. The maximum Gasteiger partial charge on any atom is 0.339 e. The number of halogens is 1. The summed E-state index contributed by atoms with van der Waals surface area (Å²) in [4.78, 5) is 11.2. The van der Waals surface area contributed by atoms with Gasteiger partial charge in [-0.3, -0.25) is 0 Å². The van der Waals surface area contributed by atoms with Crippen LogP contribution < -0.4 is 9.03 Å². The second-order valence-electron chi connectivity index (χ2n) is 5.02. The van der Waals surface area contributed by atoms with E-state index in [0.29, 0.717) is 0 Å². The summed E-state index contributed by atoms with van der Waals surface area (Å²) in [5.41, 5.74) is 0.849. The lowest BCUT2D eigenvalue weighted by molar-refractivity contribution is 0.0695. The molecule has 0 spiro atoms. The van der Waals surface area contributed by atoms with Crippen LogP contribution in [0.4, 0.5) is 0 Å². The molecule has 0 unspecified atom stereocenters. The number of carboxylic acids is 1. The van der Waals surface area contributed by atoms with E-state index >= 15 is 0 Å². The SMILES string of the molecule is Cc1ccc(S(=O)(=O)CCOc2ccc(C(=O)O)c(OCl)c2)cc1. The Balaban J connectivity index is 2.03. The molecule has 0 fully saturated rings. The minimum Gasteiger partial charge on any atom is -0.492 e. The van der Waals surface area contributed by atoms with Gasteiger partial charge in [0.15, 0.2) is 15.6 Å². The van der Waals surface area contributed by atoms with Gasteiger partial charge in [0.2, 0.25) is 0 Å². The van der Waals surface area contributed by atoms with Gasteiger partial charge in [-0.2, -0.15) is 0 Å². The molecule has 0 aliphatic carbocycles. The topological polar surface area (TPSA) is 89.9 Å². The van der Waals surface area contributed by atoms with Crippen LogP contribution in [0.2, 0.25) is 0 Å². The van der Waals surface area contributed by atoms with Crippen molar-refractivity contribution in [1.82, 2.24) is 0 Å². The van der Waals surface area contributed by atoms with Gasteiger partial charge in [-0.05, 0) is 31.2 Å². The van der Waals surface area contributed by atoms with Crippen LogP contribution >= 0.6 is 11.9 Å². The molecule has 0 atom stereocenters. The van der Waals surface area contributed by atoms with Gasteiger partial charge >= 0.3 is 5.97 Å². The Morgan fingerprint density at radius 3 is 2.42 bits per heavy atom. The van der Waals surface area contributed by atoms with E-state index in [9.17, 15) is 13.2 Å². The van der Waals surface area contributed by atoms with Crippen molar-refractivity contribution in [2.75, 3.05) is 12.4 Å². The van der Waals surface area contributed by atoms with Crippen LogP contribution in [0.25, 0.3) is 0 Å². The molecule has 0 amide bonds. The van der Waals surface area contributed by atoms with Gasteiger partial charge in [-0.1, -0.05) is 17.7 Å². The summed E-state index contributed by atoms with van der Waals surface area (Å²) in [5, 5.41) is 8.96. The second-order valence-corrected chi connectivity index (χ2v) is 7.28. The summed E-state index contributed by atoms with van der Waals surface area (Å²) in [6, 6.07) is 10.5. The molecule has 0 saturated carbocycles. The highest BCUT2D eigenvalue weighted by Gasteiger charge is 2.16. The van der Waals surface area contributed by atoms with E-state index in [-0.39, 0.29) is 34.3 Å². The third-order valence-electron chi connectivity index (χ3n) is 3.27. The Labute approximate surface area is 144 Å². The van der Waals surface area contributed by atoms with E-state index in [1.165, 1.54) is 18.2 Å². The van der Waals surface area contributed by atoms with E-state index in [4.69, 9.17) is 21.7 Å². The number of aryl methyl sites for hydroxylation is 1. The summed E-state index contributed by atoms with van der Waals surface area (Å²) < 4.78 is 34.2. The minimum absolute atomic E-state index is 0.0805. The van der Waals surface area contributed by atoms with E-state index < -0.39 is 15.8 Å². The quantitative estimate of drug-likeness (QED) is 0.805. The fraction of sp³-hybridized carbons (Fsp3) is 0.188. The van der Waals surface area contributed by atoms with Crippen molar-refractivity contribution in [3.8, 4) is 11.5 Å². The van der Waals surface area contributed by atoms with Gasteiger partial charge in [0.05, 0.1) is 10.6 Å². The van der Waals surface area contributed by atoms with Crippen LogP contribution in [-0.4, -0.2) is 31.9 Å². The standard InChI is InChI=1S/C16H15ClO6S/c1-11-2-5-13(6-3-11)24(20,21)9-8-22-12-4-7-14(16(18)19)15(10-12)23-17/h2-7,10H,8-9H2,1H3,(H,18,19). The lowest BCUT2D eigenvalue weighted by Crippen LogP contribution is -2.14. The Bertz CT molecular complexity index is 830. The molecule has 24 heavy (non-hydrogen) atoms. The van der Waals surface area contributed by atoms with Gasteiger partial charge in [0.25, 0.3) is 0 Å². The van der Waals surface area contributed by atoms with Crippen LogP contribution in [0.3, 0.4) is 0 Å². The second kappa shape index (κ2) is 7.55. The van der Waals surface area contributed by atoms with Crippen molar-refractivity contribution >= 4 is 27.7 Å². The predicted molar refractivity (Wildman–Crippen MR) is 88.6 cm³/mol. The molecule has 0 heterocycles. The van der Waals surface area contributed by atoms with Crippen molar-refractivity contribution in [2.24, 2.45) is 0 Å². The number of hydrogen-bond acceptors (Lipinski definition) is 5. The highest BCUT2D eigenvalue weighted by molar-refractivity contribution is 7.91. The number of sulfone groups is 1.